The van der Waals surface area contributed by atoms with E-state index in [2.05, 4.69) is 21.0 Å². The minimum atomic E-state index is -0.682. The molecule has 0 aliphatic carbocycles. The molecule has 0 bridgehead atoms. The van der Waals surface area contributed by atoms with Crippen LogP contribution in [0.25, 0.3) is 0 Å². The van der Waals surface area contributed by atoms with E-state index in [9.17, 15) is 14.4 Å². The number of para-hydroxylation sites is 1. The van der Waals surface area contributed by atoms with E-state index in [-0.39, 0.29) is 11.6 Å². The summed E-state index contributed by atoms with van der Waals surface area (Å²) in [7, 11) is 1.24. The molecule has 0 amide bonds. The summed E-state index contributed by atoms with van der Waals surface area (Å²) in [6, 6.07) is 12.9. The van der Waals surface area contributed by atoms with Gasteiger partial charge in [0, 0.05) is 24.8 Å². The number of nitrogens with one attached hydrogen (secondary N) is 1. The largest absolute Gasteiger partial charge is 0.465 e. The van der Waals surface area contributed by atoms with Gasteiger partial charge in [0.25, 0.3) is 0 Å². The molecular formula is C21H22FN3O2. The highest BCUT2D eigenvalue weighted by molar-refractivity contribution is 5.91. The van der Waals surface area contributed by atoms with Crippen LogP contribution in [0.3, 0.4) is 0 Å². The number of methoxy groups -OCH3 is 1. The maximum absolute atomic E-state index is 14.0. The Bertz CT molecular complexity index is 883. The van der Waals surface area contributed by atoms with E-state index < -0.39 is 11.8 Å². The van der Waals surface area contributed by atoms with Crippen LogP contribution >= 0.6 is 0 Å². The molecule has 2 aromatic carbocycles. The summed E-state index contributed by atoms with van der Waals surface area (Å²) in [6.07, 6.45) is 1.76. The van der Waals surface area contributed by atoms with E-state index >= 15 is 0 Å². The number of aryl methyl sites for hydroxylation is 1. The van der Waals surface area contributed by atoms with Crippen LogP contribution in [-0.4, -0.2) is 32.2 Å². The number of rotatable bonds is 4. The number of halogens is 1. The third-order valence-corrected chi connectivity index (χ3v) is 4.94. The predicted octanol–water partition coefficient (Wildman–Crippen LogP) is 3.87. The molecule has 0 aromatic heterocycles. The standard InChI is InChI=1S/C21H22FN3O2/c1-14-11-18(22)17(21(26)27-2)12-19(14)24-16-7-9-25(10-8-16)20-6-4-3-5-15(20)13-23/h3-6,11-12,16,24H,7-10H2,1-2H3. The number of carbonyl (C=O) groups is 1. The quantitative estimate of drug-likeness (QED) is 0.831. The fourth-order valence-corrected chi connectivity index (χ4v) is 3.42. The molecule has 0 saturated carbocycles. The zero-order valence-electron chi connectivity index (χ0n) is 15.5. The Morgan fingerprint density at radius 3 is 2.67 bits per heavy atom. The van der Waals surface area contributed by atoms with Crippen molar-refractivity contribution in [1.82, 2.24) is 0 Å². The van der Waals surface area contributed by atoms with Crippen LogP contribution in [0, 0.1) is 24.1 Å². The molecule has 140 valence electrons. The first-order valence-corrected chi connectivity index (χ1v) is 8.92. The number of nitriles is 1. The van der Waals surface area contributed by atoms with Gasteiger partial charge in [0.15, 0.2) is 0 Å². The zero-order chi connectivity index (χ0) is 19.4. The van der Waals surface area contributed by atoms with Gasteiger partial charge < -0.3 is 15.0 Å². The molecule has 0 radical (unpaired) electrons. The lowest BCUT2D eigenvalue weighted by atomic mass is 10.0. The molecule has 27 heavy (non-hydrogen) atoms. The van der Waals surface area contributed by atoms with Crippen molar-refractivity contribution < 1.29 is 13.9 Å². The first-order valence-electron chi connectivity index (χ1n) is 8.92. The Morgan fingerprint density at radius 1 is 1.30 bits per heavy atom. The highest BCUT2D eigenvalue weighted by Gasteiger charge is 2.22. The Hall–Kier alpha value is -3.07. The zero-order valence-corrected chi connectivity index (χ0v) is 15.5. The van der Waals surface area contributed by atoms with Crippen LogP contribution in [0.15, 0.2) is 36.4 Å². The molecule has 5 nitrogen and oxygen atoms in total. The highest BCUT2D eigenvalue weighted by atomic mass is 19.1. The van der Waals surface area contributed by atoms with E-state index in [1.54, 1.807) is 0 Å². The molecule has 3 rings (SSSR count). The van der Waals surface area contributed by atoms with Crippen LogP contribution in [-0.2, 0) is 4.74 Å². The number of hydrogen-bond acceptors (Lipinski definition) is 5. The van der Waals surface area contributed by atoms with Gasteiger partial charge in [0.05, 0.1) is 23.9 Å². The van der Waals surface area contributed by atoms with Crippen molar-refractivity contribution >= 4 is 17.3 Å². The topological polar surface area (TPSA) is 65.4 Å². The first-order chi connectivity index (χ1) is 13.0. The molecule has 1 N–H and O–H groups in total. The van der Waals surface area contributed by atoms with Crippen LogP contribution < -0.4 is 10.2 Å². The van der Waals surface area contributed by atoms with Gasteiger partial charge in [-0.1, -0.05) is 12.1 Å². The molecule has 6 heteroatoms. The van der Waals surface area contributed by atoms with Crippen LogP contribution in [0.5, 0.6) is 0 Å². The molecule has 1 fully saturated rings. The lowest BCUT2D eigenvalue weighted by Gasteiger charge is -2.35. The number of hydrogen-bond donors (Lipinski definition) is 1. The van der Waals surface area contributed by atoms with Gasteiger partial charge in [0.2, 0.25) is 0 Å². The number of piperidine rings is 1. The maximum atomic E-state index is 14.0. The molecule has 0 unspecified atom stereocenters. The summed E-state index contributed by atoms with van der Waals surface area (Å²) in [5.41, 5.74) is 3.07. The Kier molecular flexibility index (Phi) is 5.60. The number of nitrogens with zero attached hydrogens (tertiary/aromatic N) is 2. The number of anilines is 2. The molecule has 0 spiro atoms. The van der Waals surface area contributed by atoms with E-state index in [1.165, 1.54) is 19.2 Å². The summed E-state index contributed by atoms with van der Waals surface area (Å²) in [4.78, 5) is 13.9. The van der Waals surface area contributed by atoms with Gasteiger partial charge >= 0.3 is 5.97 Å². The molecule has 2 aromatic rings. The molecular weight excluding hydrogens is 345 g/mol. The number of ether oxygens (including phenoxy) is 1. The van der Waals surface area contributed by atoms with Crippen LogP contribution in [0.4, 0.5) is 15.8 Å². The third-order valence-electron chi connectivity index (χ3n) is 4.94. The normalized spacial score (nSPS) is 14.5. The minimum Gasteiger partial charge on any atom is -0.465 e. The number of carbonyl (C=O) groups excluding carboxylic acids is 1. The molecule has 1 aliphatic heterocycles. The van der Waals surface area contributed by atoms with Gasteiger partial charge in [-0.25, -0.2) is 9.18 Å². The van der Waals surface area contributed by atoms with Crippen molar-refractivity contribution in [3.05, 3.63) is 58.9 Å². The van der Waals surface area contributed by atoms with E-state index in [0.29, 0.717) is 5.56 Å². The Morgan fingerprint density at radius 2 is 2.00 bits per heavy atom. The average Bonchev–Trinajstić information content (AvgIpc) is 2.70. The fourth-order valence-electron chi connectivity index (χ4n) is 3.42. The van der Waals surface area contributed by atoms with Gasteiger partial charge in [0.1, 0.15) is 11.9 Å². The SMILES string of the molecule is COC(=O)c1cc(NC2CCN(c3ccccc3C#N)CC2)c(C)cc1F. The highest BCUT2D eigenvalue weighted by Crippen LogP contribution is 2.27. The van der Waals surface area contributed by atoms with E-state index in [0.717, 1.165) is 42.9 Å². The van der Waals surface area contributed by atoms with Crippen molar-refractivity contribution in [2.24, 2.45) is 0 Å². The van der Waals surface area contributed by atoms with Crippen molar-refractivity contribution in [3.8, 4) is 6.07 Å². The summed E-state index contributed by atoms with van der Waals surface area (Å²) in [5.74, 6) is -1.26. The fraction of sp³-hybridized carbons (Fsp3) is 0.333. The second-order valence-corrected chi connectivity index (χ2v) is 6.67. The smallest absolute Gasteiger partial charge is 0.340 e. The number of benzene rings is 2. The Labute approximate surface area is 158 Å². The van der Waals surface area contributed by atoms with E-state index in [1.807, 2.05) is 31.2 Å². The van der Waals surface area contributed by atoms with Crippen molar-refractivity contribution in [2.75, 3.05) is 30.4 Å². The Balaban J connectivity index is 1.69. The summed E-state index contributed by atoms with van der Waals surface area (Å²) >= 11 is 0. The van der Waals surface area contributed by atoms with Crippen molar-refractivity contribution in [2.45, 2.75) is 25.8 Å². The van der Waals surface area contributed by atoms with Gasteiger partial charge in [-0.05, 0) is 49.6 Å². The minimum absolute atomic E-state index is 0.0639. The molecule has 0 atom stereocenters. The first kappa shape index (κ1) is 18.7. The monoisotopic (exact) mass is 367 g/mol. The summed E-state index contributed by atoms with van der Waals surface area (Å²) in [5, 5.41) is 12.7. The summed E-state index contributed by atoms with van der Waals surface area (Å²) in [6.45, 7) is 3.45. The lowest BCUT2D eigenvalue weighted by molar-refractivity contribution is 0.0595. The van der Waals surface area contributed by atoms with Crippen molar-refractivity contribution in [3.63, 3.8) is 0 Å². The summed E-state index contributed by atoms with van der Waals surface area (Å²) < 4.78 is 18.6. The van der Waals surface area contributed by atoms with Crippen molar-refractivity contribution in [1.29, 1.82) is 5.26 Å². The second-order valence-electron chi connectivity index (χ2n) is 6.67. The molecule has 1 heterocycles. The third kappa shape index (κ3) is 4.03. The lowest BCUT2D eigenvalue weighted by Crippen LogP contribution is -2.39. The number of esters is 1. The maximum Gasteiger partial charge on any atom is 0.340 e. The van der Waals surface area contributed by atoms with Crippen LogP contribution in [0.1, 0.15) is 34.3 Å². The van der Waals surface area contributed by atoms with E-state index in [4.69, 9.17) is 0 Å². The van der Waals surface area contributed by atoms with Gasteiger partial charge in [-0.2, -0.15) is 5.26 Å². The van der Waals surface area contributed by atoms with Crippen LogP contribution in [0.2, 0.25) is 0 Å². The predicted molar refractivity (Wildman–Crippen MR) is 102 cm³/mol. The van der Waals surface area contributed by atoms with Gasteiger partial charge in [-0.3, -0.25) is 0 Å². The second kappa shape index (κ2) is 8.09. The molecule has 1 aliphatic rings. The average molecular weight is 367 g/mol. The van der Waals surface area contributed by atoms with Gasteiger partial charge in [-0.15, -0.1) is 0 Å². The molecule has 1 saturated heterocycles.